The van der Waals surface area contributed by atoms with Crippen LogP contribution in [0.15, 0.2) is 42.6 Å². The van der Waals surface area contributed by atoms with Gasteiger partial charge in [-0.2, -0.15) is 0 Å². The number of hydrogen-bond donors (Lipinski definition) is 6. The minimum absolute atomic E-state index is 0.000999. The van der Waals surface area contributed by atoms with Crippen molar-refractivity contribution in [3.05, 3.63) is 53.7 Å². The molecule has 2 unspecified atom stereocenters. The van der Waals surface area contributed by atoms with E-state index < -0.39 is 5.97 Å². The largest absolute Gasteiger partial charge is 0.481 e. The molecule has 4 rings (SSSR count). The topological polar surface area (TPSA) is 111 Å². The lowest BCUT2D eigenvalue weighted by atomic mass is 9.99. The van der Waals surface area contributed by atoms with Crippen LogP contribution in [-0.2, 0) is 11.8 Å². The van der Waals surface area contributed by atoms with Crippen molar-refractivity contribution in [1.29, 1.82) is 0 Å². The summed E-state index contributed by atoms with van der Waals surface area (Å²) in [6, 6.07) is 12.1. The third kappa shape index (κ3) is 4.09. The van der Waals surface area contributed by atoms with Gasteiger partial charge in [0.2, 0.25) is 0 Å². The SMILES string of the molecule is Cc1cn(C)c2ccc(-c3cc(NO)cc(C4NNC(SCC(=O)O)N4)c3)cc12. The molecule has 0 radical (unpaired) electrons. The number of aromatic nitrogens is 1. The summed E-state index contributed by atoms with van der Waals surface area (Å²) in [6.45, 7) is 2.09. The average molecular weight is 414 g/mol. The molecule has 1 aliphatic heterocycles. The number of thioether (sulfide) groups is 1. The molecule has 0 saturated carbocycles. The predicted molar refractivity (Wildman–Crippen MR) is 115 cm³/mol. The fraction of sp³-hybridized carbons (Fsp3) is 0.250. The first kappa shape index (κ1) is 19.7. The van der Waals surface area contributed by atoms with E-state index in [0.29, 0.717) is 5.69 Å². The van der Waals surface area contributed by atoms with Gasteiger partial charge in [-0.1, -0.05) is 6.07 Å². The second kappa shape index (κ2) is 8.05. The summed E-state index contributed by atoms with van der Waals surface area (Å²) in [4.78, 5) is 10.8. The highest BCUT2D eigenvalue weighted by molar-refractivity contribution is 8.00. The van der Waals surface area contributed by atoms with Crippen molar-refractivity contribution in [3.8, 4) is 11.1 Å². The maximum Gasteiger partial charge on any atom is 0.313 e. The molecule has 1 aromatic heterocycles. The molecule has 8 nitrogen and oxygen atoms in total. The summed E-state index contributed by atoms with van der Waals surface area (Å²) in [7, 11) is 2.03. The highest BCUT2D eigenvalue weighted by Crippen LogP contribution is 2.31. The number of hydrogen-bond acceptors (Lipinski definition) is 7. The van der Waals surface area contributed by atoms with Gasteiger partial charge < -0.3 is 9.67 Å². The molecule has 2 heterocycles. The maximum atomic E-state index is 10.8. The molecule has 1 saturated heterocycles. The Hall–Kier alpha value is -2.56. The number of aryl methyl sites for hydroxylation is 2. The van der Waals surface area contributed by atoms with E-state index in [4.69, 9.17) is 5.11 Å². The van der Waals surface area contributed by atoms with Gasteiger partial charge in [-0.25, -0.2) is 10.9 Å². The van der Waals surface area contributed by atoms with E-state index in [2.05, 4.69) is 63.6 Å². The minimum Gasteiger partial charge on any atom is -0.481 e. The van der Waals surface area contributed by atoms with Gasteiger partial charge in [0, 0.05) is 24.1 Å². The van der Waals surface area contributed by atoms with Crippen LogP contribution in [0.2, 0.25) is 0 Å². The van der Waals surface area contributed by atoms with Crippen molar-refractivity contribution in [2.75, 3.05) is 11.2 Å². The second-order valence-corrected chi connectivity index (χ2v) is 8.18. The van der Waals surface area contributed by atoms with Crippen molar-refractivity contribution >= 4 is 34.3 Å². The molecule has 2 atom stereocenters. The number of anilines is 1. The molecule has 0 spiro atoms. The van der Waals surface area contributed by atoms with E-state index in [0.717, 1.165) is 16.7 Å². The van der Waals surface area contributed by atoms with Gasteiger partial charge in [0.1, 0.15) is 5.50 Å². The van der Waals surface area contributed by atoms with Crippen LogP contribution < -0.4 is 21.6 Å². The Morgan fingerprint density at radius 2 is 2.03 bits per heavy atom. The summed E-state index contributed by atoms with van der Waals surface area (Å²) in [6.07, 6.45) is 1.88. The monoisotopic (exact) mass is 413 g/mol. The molecule has 2 aromatic carbocycles. The molecule has 0 aliphatic carbocycles. The zero-order valence-electron chi connectivity index (χ0n) is 16.1. The van der Waals surface area contributed by atoms with Crippen LogP contribution in [0.4, 0.5) is 5.69 Å². The Labute approximate surface area is 172 Å². The molecule has 0 amide bonds. The number of hydrazine groups is 1. The summed E-state index contributed by atoms with van der Waals surface area (Å²) in [5, 5.41) is 22.9. The molecule has 29 heavy (non-hydrogen) atoms. The molecule has 152 valence electrons. The molecule has 6 N–H and O–H groups in total. The van der Waals surface area contributed by atoms with Crippen LogP contribution in [-0.4, -0.2) is 32.1 Å². The van der Waals surface area contributed by atoms with E-state index in [1.165, 1.54) is 28.2 Å². The van der Waals surface area contributed by atoms with Gasteiger partial charge in [0.15, 0.2) is 0 Å². The fourth-order valence-corrected chi connectivity index (χ4v) is 4.33. The highest BCUT2D eigenvalue weighted by atomic mass is 32.2. The van der Waals surface area contributed by atoms with Gasteiger partial charge in [-0.3, -0.25) is 20.8 Å². The Morgan fingerprint density at radius 1 is 1.21 bits per heavy atom. The summed E-state index contributed by atoms with van der Waals surface area (Å²) in [5.41, 5.74) is 14.1. The molecule has 1 fully saturated rings. The Kier molecular flexibility index (Phi) is 5.48. The third-order valence-electron chi connectivity index (χ3n) is 4.99. The van der Waals surface area contributed by atoms with Gasteiger partial charge in [0.05, 0.1) is 17.6 Å². The first-order valence-electron chi connectivity index (χ1n) is 9.16. The van der Waals surface area contributed by atoms with Crippen molar-refractivity contribution in [2.45, 2.75) is 18.6 Å². The van der Waals surface area contributed by atoms with Crippen molar-refractivity contribution in [2.24, 2.45) is 7.05 Å². The number of benzene rings is 2. The number of rotatable bonds is 6. The van der Waals surface area contributed by atoms with E-state index in [1.54, 1.807) is 0 Å². The quantitative estimate of drug-likeness (QED) is 0.342. The number of carboxylic acids is 1. The van der Waals surface area contributed by atoms with Crippen LogP contribution in [0.1, 0.15) is 17.3 Å². The number of nitrogens with zero attached hydrogens (tertiary/aromatic N) is 1. The van der Waals surface area contributed by atoms with Crippen LogP contribution in [0.25, 0.3) is 22.0 Å². The first-order chi connectivity index (χ1) is 13.9. The van der Waals surface area contributed by atoms with E-state index in [-0.39, 0.29) is 17.4 Å². The lowest BCUT2D eigenvalue weighted by molar-refractivity contribution is -0.133. The lowest BCUT2D eigenvalue weighted by Gasteiger charge is -2.15. The van der Waals surface area contributed by atoms with Crippen LogP contribution in [0, 0.1) is 6.92 Å². The van der Waals surface area contributed by atoms with E-state index in [1.807, 2.05) is 19.2 Å². The zero-order chi connectivity index (χ0) is 20.5. The molecular formula is C20H23N5O3S. The standard InChI is InChI=1S/C20H23N5O3S/c1-11-9-25(2)17-4-3-12(8-16(11)17)13-5-14(7-15(6-13)24-28)19-21-20(23-22-19)29-10-18(26)27/h3-9,19-24,28H,10H2,1-2H3,(H,26,27). The van der Waals surface area contributed by atoms with Crippen molar-refractivity contribution in [3.63, 3.8) is 0 Å². The minimum atomic E-state index is -0.859. The number of aliphatic carboxylic acids is 1. The number of nitrogens with one attached hydrogen (secondary N) is 4. The Bertz CT molecular complexity index is 1070. The number of fused-ring (bicyclic) bond motifs is 1. The number of carbonyl (C=O) groups is 1. The summed E-state index contributed by atoms with van der Waals surface area (Å²) in [5.74, 6) is -0.860. The van der Waals surface area contributed by atoms with Gasteiger partial charge >= 0.3 is 5.97 Å². The Balaban J connectivity index is 1.64. The second-order valence-electron chi connectivity index (χ2n) is 7.08. The van der Waals surface area contributed by atoms with Crippen LogP contribution in [0.3, 0.4) is 0 Å². The predicted octanol–water partition coefficient (Wildman–Crippen LogP) is 2.75. The molecule has 9 heteroatoms. The van der Waals surface area contributed by atoms with Crippen LogP contribution in [0.5, 0.6) is 0 Å². The van der Waals surface area contributed by atoms with Crippen molar-refractivity contribution in [1.82, 2.24) is 20.7 Å². The maximum absolute atomic E-state index is 10.8. The van der Waals surface area contributed by atoms with E-state index in [9.17, 15) is 10.0 Å². The summed E-state index contributed by atoms with van der Waals surface area (Å²) < 4.78 is 2.11. The number of carboxylic acid groups (broad SMARTS) is 1. The molecule has 3 aromatic rings. The smallest absolute Gasteiger partial charge is 0.313 e. The summed E-state index contributed by atoms with van der Waals surface area (Å²) >= 11 is 1.25. The highest BCUT2D eigenvalue weighted by Gasteiger charge is 2.25. The third-order valence-corrected chi connectivity index (χ3v) is 5.99. The van der Waals surface area contributed by atoms with Gasteiger partial charge in [0.25, 0.3) is 0 Å². The molecule has 0 bridgehead atoms. The van der Waals surface area contributed by atoms with E-state index >= 15 is 0 Å². The average Bonchev–Trinajstić information content (AvgIpc) is 3.30. The fourth-order valence-electron chi connectivity index (χ4n) is 3.64. The molecule has 1 aliphatic rings. The van der Waals surface area contributed by atoms with Crippen molar-refractivity contribution < 1.29 is 15.1 Å². The Morgan fingerprint density at radius 3 is 2.79 bits per heavy atom. The zero-order valence-corrected chi connectivity index (χ0v) is 16.9. The van der Waals surface area contributed by atoms with Crippen LogP contribution >= 0.6 is 11.8 Å². The van der Waals surface area contributed by atoms with Gasteiger partial charge in [-0.15, -0.1) is 11.8 Å². The molecular weight excluding hydrogens is 390 g/mol. The lowest BCUT2D eigenvalue weighted by Crippen LogP contribution is -2.31. The normalized spacial score (nSPS) is 19.0. The van der Waals surface area contributed by atoms with Gasteiger partial charge in [-0.05, 0) is 59.5 Å². The first-order valence-corrected chi connectivity index (χ1v) is 10.2.